The van der Waals surface area contributed by atoms with Crippen molar-refractivity contribution in [3.05, 3.63) is 0 Å². The lowest BCUT2D eigenvalue weighted by Crippen LogP contribution is -2.54. The van der Waals surface area contributed by atoms with Crippen molar-refractivity contribution in [3.63, 3.8) is 0 Å². The topological polar surface area (TPSA) is 69.1 Å². The number of hydrogen-bond donors (Lipinski definition) is 0. The largest absolute Gasteiger partial charge is 0.850 e. The molecule has 8 heteroatoms. The van der Waals surface area contributed by atoms with Gasteiger partial charge in [0.15, 0.2) is 0 Å². The van der Waals surface area contributed by atoms with Crippen molar-refractivity contribution >= 4 is 24.2 Å². The molecule has 6 nitrogen and oxygen atoms in total. The summed E-state index contributed by atoms with van der Waals surface area (Å²) in [7, 11) is -3.51. The second-order valence-electron chi connectivity index (χ2n) is 5.67. The molecule has 0 atom stereocenters. The van der Waals surface area contributed by atoms with Gasteiger partial charge in [-0.3, -0.25) is 0 Å². The predicted octanol–water partition coefficient (Wildman–Crippen LogP) is 1.85. The highest BCUT2D eigenvalue weighted by Crippen LogP contribution is 2.15. The van der Waals surface area contributed by atoms with Crippen molar-refractivity contribution in [2.75, 3.05) is 0 Å². The molecule has 0 fully saturated rings. The Morgan fingerprint density at radius 3 is 1.30 bits per heavy atom. The molecule has 0 aromatic heterocycles. The molecule has 2 N–H and O–H groups in total. The highest BCUT2D eigenvalue weighted by atomic mass is 28.4. The molecule has 0 heterocycles. The summed E-state index contributed by atoms with van der Waals surface area (Å²) in [6, 6.07) is 0. The molecule has 0 bridgehead atoms. The SMILES string of the molecule is CC(C)[O][Al-]([O]C(C)C)[O][Si]([OH2+])(OC(C)C)OC(C)C. The van der Waals surface area contributed by atoms with Crippen LogP contribution in [0.2, 0.25) is 0 Å². The molecule has 0 rings (SSSR count). The van der Waals surface area contributed by atoms with Crippen molar-refractivity contribution in [1.29, 1.82) is 0 Å². The maximum atomic E-state index is 8.35. The lowest BCUT2D eigenvalue weighted by molar-refractivity contribution is -0.0327. The fourth-order valence-corrected chi connectivity index (χ4v) is 5.51. The lowest BCUT2D eigenvalue weighted by atomic mass is 10.5. The molecule has 0 amide bonds. The van der Waals surface area contributed by atoms with E-state index in [0.29, 0.717) is 0 Å². The molecular weight excluding hydrogens is 295 g/mol. The van der Waals surface area contributed by atoms with Gasteiger partial charge in [-0.2, -0.15) is 0 Å². The zero-order chi connectivity index (χ0) is 15.9. The van der Waals surface area contributed by atoms with Gasteiger partial charge in [-0.15, -0.1) is 0 Å². The molecule has 0 aliphatic heterocycles. The van der Waals surface area contributed by atoms with E-state index in [1.54, 1.807) is 0 Å². The predicted molar refractivity (Wildman–Crippen MR) is 81.1 cm³/mol. The highest BCUT2D eigenvalue weighted by Gasteiger charge is 2.53. The minimum absolute atomic E-state index is 0.0261. The first-order valence-electron chi connectivity index (χ1n) is 7.13. The normalized spacial score (nSPS) is 13.5. The third-order valence-corrected chi connectivity index (χ3v) is 6.91. The summed E-state index contributed by atoms with van der Waals surface area (Å²) in [6.45, 7) is 15.1. The lowest BCUT2D eigenvalue weighted by Gasteiger charge is -2.35. The smallest absolute Gasteiger partial charge is 0.632 e. The molecule has 0 spiro atoms. The van der Waals surface area contributed by atoms with Gasteiger partial charge < -0.3 is 24.7 Å². The van der Waals surface area contributed by atoms with Gasteiger partial charge in [0, 0.05) is 0 Å². The van der Waals surface area contributed by atoms with E-state index in [-0.39, 0.29) is 24.4 Å². The molecule has 0 aliphatic carbocycles. The van der Waals surface area contributed by atoms with Crippen LogP contribution in [-0.4, -0.2) is 53.4 Å². The first-order valence-corrected chi connectivity index (χ1v) is 10.3. The Labute approximate surface area is 129 Å². The Bertz CT molecular complexity index is 242. The van der Waals surface area contributed by atoms with E-state index in [9.17, 15) is 0 Å². The molecule has 0 saturated carbocycles. The van der Waals surface area contributed by atoms with E-state index >= 15 is 0 Å². The van der Waals surface area contributed by atoms with Crippen LogP contribution in [0.1, 0.15) is 55.4 Å². The first-order chi connectivity index (χ1) is 9.04. The Morgan fingerprint density at radius 1 is 0.700 bits per heavy atom. The molecule has 0 aromatic carbocycles. The zero-order valence-electron chi connectivity index (χ0n) is 13.9. The van der Waals surface area contributed by atoms with Crippen LogP contribution in [0.15, 0.2) is 0 Å². The van der Waals surface area contributed by atoms with Crippen LogP contribution >= 0.6 is 0 Å². The summed E-state index contributed by atoms with van der Waals surface area (Å²) in [5, 5.41) is 0. The molecule has 0 aromatic rings. The van der Waals surface area contributed by atoms with Crippen molar-refractivity contribution in [3.8, 4) is 0 Å². The monoisotopic (exact) mass is 325 g/mol. The molecular formula is C12H30AlO6Si. The average molecular weight is 325 g/mol. The number of hydrogen-bond acceptors (Lipinski definition) is 5. The van der Waals surface area contributed by atoms with Crippen molar-refractivity contribution in [1.82, 2.24) is 0 Å². The second kappa shape index (κ2) is 9.51. The van der Waals surface area contributed by atoms with Gasteiger partial charge in [0.25, 0.3) is 0 Å². The van der Waals surface area contributed by atoms with Crippen LogP contribution in [0.25, 0.3) is 0 Å². The van der Waals surface area contributed by atoms with Gasteiger partial charge in [0.1, 0.15) is 0 Å². The van der Waals surface area contributed by atoms with E-state index in [1.165, 1.54) is 0 Å². The van der Waals surface area contributed by atoms with Gasteiger partial charge in [0.2, 0.25) is 0 Å². The highest BCUT2D eigenvalue weighted by molar-refractivity contribution is 6.61. The summed E-state index contributed by atoms with van der Waals surface area (Å²) in [5.41, 5.74) is 0. The zero-order valence-corrected chi connectivity index (χ0v) is 16.1. The maximum Gasteiger partial charge on any atom is 0.850 e. The Balaban J connectivity index is 4.84. The maximum absolute atomic E-state index is 8.35. The molecule has 0 unspecified atom stereocenters. The Kier molecular flexibility index (Phi) is 9.75. The summed E-state index contributed by atoms with van der Waals surface area (Å²) in [5.74, 6) is 0. The third kappa shape index (κ3) is 10.3. The van der Waals surface area contributed by atoms with E-state index < -0.39 is 24.2 Å². The van der Waals surface area contributed by atoms with Crippen molar-refractivity contribution in [2.24, 2.45) is 0 Å². The second-order valence-corrected chi connectivity index (χ2v) is 9.31. The molecule has 20 heavy (non-hydrogen) atoms. The molecule has 0 saturated heterocycles. The van der Waals surface area contributed by atoms with Gasteiger partial charge in [-0.05, 0) is 67.6 Å². The van der Waals surface area contributed by atoms with Gasteiger partial charge in [0.05, 0.1) is 12.2 Å². The van der Waals surface area contributed by atoms with Gasteiger partial charge in [-0.1, -0.05) is 0 Å². The van der Waals surface area contributed by atoms with E-state index in [2.05, 4.69) is 0 Å². The van der Waals surface area contributed by atoms with Crippen LogP contribution in [0.3, 0.4) is 0 Å². The quantitative estimate of drug-likeness (QED) is 0.453. The number of rotatable bonds is 10. The fourth-order valence-electron chi connectivity index (χ4n) is 1.36. The molecule has 0 aliphatic rings. The summed E-state index contributed by atoms with van der Waals surface area (Å²) in [4.78, 5) is 8.35. The Morgan fingerprint density at radius 2 is 1.05 bits per heavy atom. The van der Waals surface area contributed by atoms with Crippen LogP contribution in [0.4, 0.5) is 0 Å². The first kappa shape index (κ1) is 20.5. The van der Waals surface area contributed by atoms with E-state index in [4.69, 9.17) is 24.7 Å². The summed E-state index contributed by atoms with van der Waals surface area (Å²) < 4.78 is 28.2. The van der Waals surface area contributed by atoms with Gasteiger partial charge in [-0.25, -0.2) is 0 Å². The minimum Gasteiger partial charge on any atom is -0.632 e. The summed E-state index contributed by atoms with van der Waals surface area (Å²) >= 11 is -2.47. The third-order valence-electron chi connectivity index (χ3n) is 1.80. The van der Waals surface area contributed by atoms with Crippen LogP contribution in [-0.2, 0) is 19.9 Å². The standard InChI is InChI=1S/C6H15O4Si.2C3H7O.Al/c1-5(2)9-11(7,8)10-6(3)4;2*1-3(2)4;/h5-7H,1-4H3;2*3H,1-2H3;/q3*-1;+2/p+1. The van der Waals surface area contributed by atoms with Crippen LogP contribution in [0, 0.1) is 0 Å². The summed E-state index contributed by atoms with van der Waals surface area (Å²) in [6.07, 6.45) is -0.347. The van der Waals surface area contributed by atoms with E-state index in [0.717, 1.165) is 0 Å². The molecule has 121 valence electrons. The average Bonchev–Trinajstić information content (AvgIpc) is 2.09. The fraction of sp³-hybridized carbons (Fsp3) is 1.00. The Hall–Kier alpha value is 0.509. The van der Waals surface area contributed by atoms with Gasteiger partial charge >= 0.3 is 24.2 Å². The minimum atomic E-state index is -3.51. The van der Waals surface area contributed by atoms with E-state index in [1.807, 2.05) is 55.4 Å². The van der Waals surface area contributed by atoms with Crippen molar-refractivity contribution < 1.29 is 24.7 Å². The van der Waals surface area contributed by atoms with Crippen LogP contribution < -0.4 is 0 Å². The van der Waals surface area contributed by atoms with Crippen molar-refractivity contribution in [2.45, 2.75) is 79.8 Å². The van der Waals surface area contributed by atoms with Crippen LogP contribution in [0.5, 0.6) is 0 Å². The molecule has 1 radical (unpaired) electrons.